The Bertz CT molecular complexity index is 858. The highest BCUT2D eigenvalue weighted by Gasteiger charge is 2.34. The maximum Gasteiger partial charge on any atom is 0.167 e. The van der Waals surface area contributed by atoms with Gasteiger partial charge in [-0.05, 0) is 38.1 Å². The summed E-state index contributed by atoms with van der Waals surface area (Å²) in [4.78, 5) is 17.5. The number of nitrogens with one attached hydrogen (secondary N) is 1. The molecule has 1 N–H and O–H groups in total. The van der Waals surface area contributed by atoms with Crippen molar-refractivity contribution >= 4 is 22.9 Å². The SMILES string of the molecule is CC1=C2C(=O)C[C@@H](c3ccc(C)o3)CC2=Nc2ccccc2N1. The number of anilines is 1. The molecular formula is C19H18N2O2. The van der Waals surface area contributed by atoms with Crippen molar-refractivity contribution < 1.29 is 9.21 Å². The van der Waals surface area contributed by atoms with Crippen molar-refractivity contribution in [3.05, 3.63) is 59.2 Å². The predicted octanol–water partition coefficient (Wildman–Crippen LogP) is 4.51. The number of rotatable bonds is 1. The summed E-state index contributed by atoms with van der Waals surface area (Å²) in [6.07, 6.45) is 1.19. The molecule has 1 aromatic heterocycles. The van der Waals surface area contributed by atoms with E-state index in [2.05, 4.69) is 5.32 Å². The Morgan fingerprint density at radius 3 is 2.74 bits per heavy atom. The molecule has 4 heteroatoms. The molecule has 1 aliphatic carbocycles. The van der Waals surface area contributed by atoms with Crippen LogP contribution in [0.2, 0.25) is 0 Å². The molecule has 2 aromatic rings. The second kappa shape index (κ2) is 5.23. The van der Waals surface area contributed by atoms with Crippen molar-refractivity contribution in [2.24, 2.45) is 4.99 Å². The standard InChI is InChI=1S/C19H18N2O2/c1-11-7-8-18(23-11)13-9-16-19(17(22)10-13)12(2)20-14-5-3-4-6-15(14)21-16/h3-8,13,20H,9-10H2,1-2H3/t13-/m0/s1. The Morgan fingerprint density at radius 2 is 1.96 bits per heavy atom. The molecule has 4 rings (SSSR count). The molecule has 23 heavy (non-hydrogen) atoms. The zero-order valence-electron chi connectivity index (χ0n) is 13.2. The van der Waals surface area contributed by atoms with Crippen molar-refractivity contribution in [1.29, 1.82) is 0 Å². The van der Waals surface area contributed by atoms with Crippen molar-refractivity contribution in [2.45, 2.75) is 32.6 Å². The zero-order chi connectivity index (χ0) is 16.0. The third-order valence-electron chi connectivity index (χ3n) is 4.46. The lowest BCUT2D eigenvalue weighted by atomic mass is 9.81. The molecule has 2 aliphatic rings. The minimum atomic E-state index is 0.0664. The van der Waals surface area contributed by atoms with Gasteiger partial charge < -0.3 is 9.73 Å². The number of ketones is 1. The van der Waals surface area contributed by atoms with E-state index in [9.17, 15) is 4.79 Å². The van der Waals surface area contributed by atoms with Crippen LogP contribution in [0.5, 0.6) is 0 Å². The summed E-state index contributed by atoms with van der Waals surface area (Å²) in [6.45, 7) is 3.87. The summed E-state index contributed by atoms with van der Waals surface area (Å²) >= 11 is 0. The van der Waals surface area contributed by atoms with Crippen LogP contribution in [0.15, 0.2) is 57.1 Å². The molecule has 0 radical (unpaired) electrons. The molecule has 1 atom stereocenters. The molecule has 0 spiro atoms. The number of hydrogen-bond donors (Lipinski definition) is 1. The van der Waals surface area contributed by atoms with Gasteiger partial charge in [-0.2, -0.15) is 0 Å². The highest BCUT2D eigenvalue weighted by atomic mass is 16.3. The number of furan rings is 1. The Balaban J connectivity index is 1.79. The average molecular weight is 306 g/mol. The van der Waals surface area contributed by atoms with Gasteiger partial charge in [0.05, 0.1) is 22.7 Å². The number of fused-ring (bicyclic) bond motifs is 2. The maximum absolute atomic E-state index is 12.7. The number of allylic oxidation sites excluding steroid dienone is 2. The zero-order valence-corrected chi connectivity index (χ0v) is 13.2. The Morgan fingerprint density at radius 1 is 1.13 bits per heavy atom. The topological polar surface area (TPSA) is 54.6 Å². The minimum Gasteiger partial charge on any atom is -0.466 e. The van der Waals surface area contributed by atoms with E-state index in [1.165, 1.54) is 0 Å². The monoisotopic (exact) mass is 306 g/mol. The van der Waals surface area contributed by atoms with E-state index < -0.39 is 0 Å². The molecule has 0 saturated heterocycles. The van der Waals surface area contributed by atoms with E-state index in [1.54, 1.807) is 0 Å². The first-order valence-electron chi connectivity index (χ1n) is 7.86. The van der Waals surface area contributed by atoms with Crippen LogP contribution in [-0.4, -0.2) is 11.5 Å². The van der Waals surface area contributed by atoms with E-state index in [0.29, 0.717) is 6.42 Å². The Labute approximate surface area is 134 Å². The molecule has 0 bridgehead atoms. The molecule has 4 nitrogen and oxygen atoms in total. The van der Waals surface area contributed by atoms with Gasteiger partial charge in [0, 0.05) is 24.5 Å². The average Bonchev–Trinajstić information content (AvgIpc) is 2.88. The fourth-order valence-corrected chi connectivity index (χ4v) is 3.38. The van der Waals surface area contributed by atoms with Gasteiger partial charge in [-0.25, -0.2) is 0 Å². The number of aliphatic imine (C=N–C) groups is 1. The molecule has 116 valence electrons. The minimum absolute atomic E-state index is 0.0664. The number of carbonyl (C=O) groups is 1. The number of nitrogens with zero attached hydrogens (tertiary/aromatic N) is 1. The van der Waals surface area contributed by atoms with E-state index in [-0.39, 0.29) is 11.7 Å². The number of hydrogen-bond acceptors (Lipinski definition) is 4. The van der Waals surface area contributed by atoms with Crippen LogP contribution in [0, 0.1) is 6.92 Å². The summed E-state index contributed by atoms with van der Waals surface area (Å²) < 4.78 is 5.74. The molecule has 1 aliphatic heterocycles. The van der Waals surface area contributed by atoms with Gasteiger partial charge in [-0.15, -0.1) is 0 Å². The van der Waals surface area contributed by atoms with Gasteiger partial charge in [0.2, 0.25) is 0 Å². The van der Waals surface area contributed by atoms with Crippen molar-refractivity contribution in [3.63, 3.8) is 0 Å². The number of Topliss-reactive ketones (excluding diaryl/α,β-unsaturated/α-hetero) is 1. The van der Waals surface area contributed by atoms with Gasteiger partial charge in [0.1, 0.15) is 11.5 Å². The second-order valence-corrected chi connectivity index (χ2v) is 6.18. The van der Waals surface area contributed by atoms with Crippen LogP contribution >= 0.6 is 0 Å². The third-order valence-corrected chi connectivity index (χ3v) is 4.46. The summed E-state index contributed by atoms with van der Waals surface area (Å²) in [5.41, 5.74) is 4.29. The molecule has 0 amide bonds. The summed E-state index contributed by atoms with van der Waals surface area (Å²) in [5.74, 6) is 1.95. The fourth-order valence-electron chi connectivity index (χ4n) is 3.38. The van der Waals surface area contributed by atoms with Crippen LogP contribution in [-0.2, 0) is 4.79 Å². The maximum atomic E-state index is 12.7. The molecule has 1 saturated carbocycles. The smallest absolute Gasteiger partial charge is 0.167 e. The van der Waals surface area contributed by atoms with E-state index >= 15 is 0 Å². The van der Waals surface area contributed by atoms with Gasteiger partial charge in [0.15, 0.2) is 5.78 Å². The predicted molar refractivity (Wildman–Crippen MR) is 90.3 cm³/mol. The first-order valence-corrected chi connectivity index (χ1v) is 7.86. The van der Waals surface area contributed by atoms with Crippen LogP contribution in [0.25, 0.3) is 0 Å². The van der Waals surface area contributed by atoms with E-state index in [4.69, 9.17) is 9.41 Å². The summed E-state index contributed by atoms with van der Waals surface area (Å²) in [5, 5.41) is 3.33. The lowest BCUT2D eigenvalue weighted by molar-refractivity contribution is -0.115. The molecule has 0 unspecified atom stereocenters. The molecule has 2 heterocycles. The highest BCUT2D eigenvalue weighted by Crippen LogP contribution is 2.38. The van der Waals surface area contributed by atoms with Crippen LogP contribution in [0.3, 0.4) is 0 Å². The number of para-hydroxylation sites is 2. The number of carbonyl (C=O) groups excluding carboxylic acids is 1. The number of aryl methyl sites for hydroxylation is 1. The van der Waals surface area contributed by atoms with Gasteiger partial charge in [0.25, 0.3) is 0 Å². The lowest BCUT2D eigenvalue weighted by Gasteiger charge is -2.23. The van der Waals surface area contributed by atoms with Gasteiger partial charge in [-0.3, -0.25) is 9.79 Å². The fraction of sp³-hybridized carbons (Fsp3) is 0.263. The van der Waals surface area contributed by atoms with Crippen molar-refractivity contribution in [2.75, 3.05) is 5.32 Å². The van der Waals surface area contributed by atoms with Gasteiger partial charge >= 0.3 is 0 Å². The third kappa shape index (κ3) is 2.40. The summed E-state index contributed by atoms with van der Waals surface area (Å²) in [7, 11) is 0. The second-order valence-electron chi connectivity index (χ2n) is 6.18. The van der Waals surface area contributed by atoms with Crippen LogP contribution in [0.4, 0.5) is 11.4 Å². The largest absolute Gasteiger partial charge is 0.466 e. The first kappa shape index (κ1) is 14.0. The molecular weight excluding hydrogens is 288 g/mol. The first-order chi connectivity index (χ1) is 11.1. The molecule has 1 fully saturated rings. The normalized spacial score (nSPS) is 20.3. The van der Waals surface area contributed by atoms with Crippen molar-refractivity contribution in [1.82, 2.24) is 0 Å². The lowest BCUT2D eigenvalue weighted by Crippen LogP contribution is -2.26. The summed E-state index contributed by atoms with van der Waals surface area (Å²) in [6, 6.07) is 11.8. The quantitative estimate of drug-likeness (QED) is 0.843. The Hall–Kier alpha value is -2.62. The Kier molecular flexibility index (Phi) is 3.18. The highest BCUT2D eigenvalue weighted by molar-refractivity contribution is 6.26. The van der Waals surface area contributed by atoms with Gasteiger partial charge in [-0.1, -0.05) is 12.1 Å². The van der Waals surface area contributed by atoms with E-state index in [1.807, 2.05) is 50.2 Å². The van der Waals surface area contributed by atoms with Crippen molar-refractivity contribution in [3.8, 4) is 0 Å². The van der Waals surface area contributed by atoms with Crippen LogP contribution in [0.1, 0.15) is 37.2 Å². The number of benzene rings is 1. The van der Waals surface area contributed by atoms with E-state index in [0.717, 1.165) is 46.3 Å². The molecule has 1 aromatic carbocycles. The van der Waals surface area contributed by atoms with Crippen LogP contribution < -0.4 is 5.32 Å².